The first kappa shape index (κ1) is 17.7. The van der Waals surface area contributed by atoms with Gasteiger partial charge in [0.1, 0.15) is 5.75 Å². The summed E-state index contributed by atoms with van der Waals surface area (Å²) in [5.74, 6) is 6.16. The van der Waals surface area contributed by atoms with Crippen LogP contribution in [0.1, 0.15) is 12.8 Å². The zero-order valence-corrected chi connectivity index (χ0v) is 13.9. The highest BCUT2D eigenvalue weighted by Crippen LogP contribution is 2.31. The maximum Gasteiger partial charge on any atom is 0.128 e. The minimum Gasteiger partial charge on any atom is -0.496 e. The van der Waals surface area contributed by atoms with Crippen molar-refractivity contribution in [2.45, 2.75) is 12.8 Å². The Hall–Kier alpha value is -2.63. The highest BCUT2D eigenvalue weighted by Gasteiger charge is 2.05. The molecule has 1 aliphatic rings. The molecule has 24 heavy (non-hydrogen) atoms. The third-order valence-electron chi connectivity index (χ3n) is 3.59. The van der Waals surface area contributed by atoms with Gasteiger partial charge < -0.3 is 15.9 Å². The molecule has 0 atom stereocenters. The van der Waals surface area contributed by atoms with E-state index in [-0.39, 0.29) is 0 Å². The summed E-state index contributed by atoms with van der Waals surface area (Å²) in [4.78, 5) is 4.06. The molecule has 5 heteroatoms. The number of methoxy groups -OCH3 is 1. The van der Waals surface area contributed by atoms with Gasteiger partial charge in [-0.15, -0.1) is 0 Å². The predicted molar refractivity (Wildman–Crippen MR) is 101 cm³/mol. The van der Waals surface area contributed by atoms with Gasteiger partial charge in [0.25, 0.3) is 0 Å². The van der Waals surface area contributed by atoms with E-state index in [1.807, 2.05) is 54.7 Å². The van der Waals surface area contributed by atoms with Crippen molar-refractivity contribution in [3.8, 4) is 16.9 Å². The zero-order chi connectivity index (χ0) is 17.2. The summed E-state index contributed by atoms with van der Waals surface area (Å²) < 4.78 is 5.35. The summed E-state index contributed by atoms with van der Waals surface area (Å²) in [5, 5.41) is 0. The number of hydrazine groups is 1. The Morgan fingerprint density at radius 3 is 2.46 bits per heavy atom. The van der Waals surface area contributed by atoms with Crippen molar-refractivity contribution in [3.05, 3.63) is 60.3 Å². The van der Waals surface area contributed by atoms with Crippen LogP contribution < -0.4 is 21.7 Å². The number of benzene rings is 2. The van der Waals surface area contributed by atoms with Crippen LogP contribution in [-0.4, -0.2) is 19.9 Å². The van der Waals surface area contributed by atoms with Gasteiger partial charge in [0.15, 0.2) is 0 Å². The summed E-state index contributed by atoms with van der Waals surface area (Å²) in [6.45, 7) is 0.580. The van der Waals surface area contributed by atoms with Crippen LogP contribution in [0, 0.1) is 0 Å². The van der Waals surface area contributed by atoms with Gasteiger partial charge in [0.05, 0.1) is 12.8 Å². The number of allylic oxidation sites excluding steroid dienone is 1. The van der Waals surface area contributed by atoms with Crippen LogP contribution in [-0.2, 0) is 0 Å². The molecule has 5 nitrogen and oxygen atoms in total. The van der Waals surface area contributed by atoms with Crippen molar-refractivity contribution in [2.75, 3.05) is 19.1 Å². The number of nitrogens with two attached hydrogens (primary N) is 2. The Morgan fingerprint density at radius 1 is 1.12 bits per heavy atom. The molecule has 2 aromatic carbocycles. The molecule has 0 fully saturated rings. The van der Waals surface area contributed by atoms with E-state index in [0.29, 0.717) is 6.54 Å². The van der Waals surface area contributed by atoms with E-state index in [9.17, 15) is 0 Å². The number of ether oxygens (including phenoxy) is 1. The molecule has 3 rings (SSSR count). The lowest BCUT2D eigenvalue weighted by Crippen LogP contribution is -2.06. The van der Waals surface area contributed by atoms with Crippen molar-refractivity contribution < 1.29 is 4.74 Å². The Labute approximate surface area is 143 Å². The van der Waals surface area contributed by atoms with Gasteiger partial charge in [-0.1, -0.05) is 36.4 Å². The van der Waals surface area contributed by atoms with Crippen LogP contribution in [0.15, 0.2) is 65.3 Å². The molecule has 0 saturated carbocycles. The van der Waals surface area contributed by atoms with E-state index in [4.69, 9.17) is 16.3 Å². The average Bonchev–Trinajstić information content (AvgIpc) is 2.69. The normalized spacial score (nSPS) is 12.7. The third kappa shape index (κ3) is 4.94. The minimum atomic E-state index is 0.580. The fourth-order valence-electron chi connectivity index (χ4n) is 2.33. The number of hydrogen-bond donors (Lipinski definition) is 3. The van der Waals surface area contributed by atoms with Gasteiger partial charge in [0.2, 0.25) is 0 Å². The first-order valence-electron chi connectivity index (χ1n) is 7.90. The fourth-order valence-corrected chi connectivity index (χ4v) is 2.33. The molecule has 1 aliphatic heterocycles. The lowest BCUT2D eigenvalue weighted by Gasteiger charge is -2.10. The van der Waals surface area contributed by atoms with Gasteiger partial charge in [-0.3, -0.25) is 10.8 Å². The predicted octanol–water partition coefficient (Wildman–Crippen LogP) is 3.34. The number of hydrogen-bond acceptors (Lipinski definition) is 5. The number of rotatable bonds is 4. The smallest absolute Gasteiger partial charge is 0.128 e. The second kappa shape index (κ2) is 9.50. The number of nitrogens with one attached hydrogen (secondary N) is 1. The highest BCUT2D eigenvalue weighted by atomic mass is 16.5. The van der Waals surface area contributed by atoms with Gasteiger partial charge >= 0.3 is 0 Å². The molecule has 0 bridgehead atoms. The maximum atomic E-state index is 5.36. The van der Waals surface area contributed by atoms with E-state index < -0.39 is 0 Å². The first-order chi connectivity index (χ1) is 11.8. The van der Waals surface area contributed by atoms with Gasteiger partial charge in [-0.2, -0.15) is 0 Å². The van der Waals surface area contributed by atoms with Gasteiger partial charge in [-0.25, -0.2) is 0 Å². The van der Waals surface area contributed by atoms with Crippen molar-refractivity contribution in [1.29, 1.82) is 0 Å². The van der Waals surface area contributed by atoms with Crippen LogP contribution in [0.2, 0.25) is 0 Å². The Kier molecular flexibility index (Phi) is 7.01. The topological polar surface area (TPSA) is 85.7 Å². The molecule has 0 spiro atoms. The number of nitrogens with zero attached hydrogens (tertiary/aromatic N) is 1. The molecule has 126 valence electrons. The van der Waals surface area contributed by atoms with Gasteiger partial charge in [0, 0.05) is 30.1 Å². The van der Waals surface area contributed by atoms with Crippen molar-refractivity contribution in [1.82, 2.24) is 0 Å². The number of nitrogen functional groups attached to an aromatic ring is 1. The van der Waals surface area contributed by atoms with Crippen LogP contribution in [0.4, 0.5) is 5.69 Å². The lowest BCUT2D eigenvalue weighted by molar-refractivity contribution is 0.416. The second-order valence-electron chi connectivity index (χ2n) is 5.21. The third-order valence-corrected chi connectivity index (χ3v) is 3.59. The summed E-state index contributed by atoms with van der Waals surface area (Å²) in [6.07, 6.45) is 6.18. The maximum absolute atomic E-state index is 5.36. The molecule has 0 unspecified atom stereocenters. The quantitative estimate of drug-likeness (QED) is 0.595. The van der Waals surface area contributed by atoms with E-state index in [1.54, 1.807) is 7.11 Å². The van der Waals surface area contributed by atoms with Crippen molar-refractivity contribution in [3.63, 3.8) is 0 Å². The average molecular weight is 324 g/mol. The minimum absolute atomic E-state index is 0.580. The molecular formula is C19H24N4O. The second-order valence-corrected chi connectivity index (χ2v) is 5.21. The standard InChI is InChI=1S/C13H14N2O.C6H10N2/c1-16-13-9-11(15-14)7-8-12(13)10-5-3-2-4-6-10;7-5-6-3-1-2-4-8-6/h2-9,15H,14H2,1H3;3-4H,1-2,5,7H2. The summed E-state index contributed by atoms with van der Waals surface area (Å²) in [5.41, 5.74) is 12.0. The molecule has 1 heterocycles. The Balaban J connectivity index is 0.000000219. The van der Waals surface area contributed by atoms with Gasteiger partial charge in [-0.05, 0) is 30.5 Å². The highest BCUT2D eigenvalue weighted by molar-refractivity contribution is 5.73. The van der Waals surface area contributed by atoms with Crippen molar-refractivity contribution in [2.24, 2.45) is 16.6 Å². The molecule has 0 saturated heterocycles. The summed E-state index contributed by atoms with van der Waals surface area (Å²) in [6, 6.07) is 15.9. The van der Waals surface area contributed by atoms with Crippen LogP contribution >= 0.6 is 0 Å². The van der Waals surface area contributed by atoms with E-state index in [1.165, 1.54) is 0 Å². The van der Waals surface area contributed by atoms with E-state index in [0.717, 1.165) is 41.1 Å². The molecule has 0 aliphatic carbocycles. The zero-order valence-electron chi connectivity index (χ0n) is 13.9. The molecule has 2 aromatic rings. The SMILES string of the molecule is COc1cc(NN)ccc1-c1ccccc1.NCC1=CCCC=N1. The van der Waals surface area contributed by atoms with E-state index in [2.05, 4.69) is 16.5 Å². The summed E-state index contributed by atoms with van der Waals surface area (Å²) >= 11 is 0. The lowest BCUT2D eigenvalue weighted by atomic mass is 10.0. The van der Waals surface area contributed by atoms with Crippen LogP contribution in [0.3, 0.4) is 0 Å². The number of anilines is 1. The summed E-state index contributed by atoms with van der Waals surface area (Å²) in [7, 11) is 1.65. The first-order valence-corrected chi connectivity index (χ1v) is 7.90. The number of aliphatic imine (C=N–C) groups is 1. The monoisotopic (exact) mass is 324 g/mol. The van der Waals surface area contributed by atoms with E-state index >= 15 is 0 Å². The molecule has 0 aromatic heterocycles. The van der Waals surface area contributed by atoms with Crippen molar-refractivity contribution >= 4 is 11.9 Å². The molecule has 5 N–H and O–H groups in total. The molecule has 0 radical (unpaired) electrons. The molecular weight excluding hydrogens is 300 g/mol. The largest absolute Gasteiger partial charge is 0.496 e. The van der Waals surface area contributed by atoms with Crippen LogP contribution in [0.5, 0.6) is 5.75 Å². The fraction of sp³-hybridized carbons (Fsp3) is 0.211. The Morgan fingerprint density at radius 2 is 1.92 bits per heavy atom. The van der Waals surface area contributed by atoms with Crippen LogP contribution in [0.25, 0.3) is 11.1 Å². The Bertz CT molecular complexity index is 696. The molecule has 0 amide bonds.